The van der Waals surface area contributed by atoms with Crippen molar-refractivity contribution in [2.45, 2.75) is 30.7 Å². The van der Waals surface area contributed by atoms with Crippen LogP contribution in [0.25, 0.3) is 11.4 Å². The minimum Gasteiger partial charge on any atom is -0.335 e. The first-order valence-electron chi connectivity index (χ1n) is 10.1. The molecule has 0 fully saturated rings. The maximum atomic E-state index is 12.8. The average molecular weight is 438 g/mol. The van der Waals surface area contributed by atoms with Crippen molar-refractivity contribution in [3.05, 3.63) is 60.2 Å². The number of hydrogen-bond donors (Lipinski definition) is 1. The van der Waals surface area contributed by atoms with Crippen molar-refractivity contribution < 1.29 is 9.59 Å². The number of nitrogens with one attached hydrogen (secondary N) is 1. The van der Waals surface area contributed by atoms with Crippen LogP contribution in [-0.4, -0.2) is 50.3 Å². The molecule has 0 radical (unpaired) electrons. The fraction of sp³-hybridized carbons (Fsp3) is 0.304. The molecular formula is C23H27N5O2S. The van der Waals surface area contributed by atoms with Gasteiger partial charge in [0.05, 0.1) is 11.8 Å². The Balaban J connectivity index is 1.60. The molecule has 1 aromatic heterocycles. The molecule has 2 amide bonds. The summed E-state index contributed by atoms with van der Waals surface area (Å²) in [7, 11) is 3.51. The zero-order chi connectivity index (χ0) is 22.4. The van der Waals surface area contributed by atoms with Gasteiger partial charge in [-0.1, -0.05) is 67.2 Å². The lowest BCUT2D eigenvalue weighted by Gasteiger charge is -2.21. The smallest absolute Gasteiger partial charge is 0.243 e. The van der Waals surface area contributed by atoms with Crippen LogP contribution in [0.1, 0.15) is 19.4 Å². The van der Waals surface area contributed by atoms with Crippen LogP contribution in [-0.2, 0) is 23.1 Å². The number of hydrogen-bond acceptors (Lipinski definition) is 5. The number of carbonyl (C=O) groups excluding carboxylic acids is 2. The highest BCUT2D eigenvalue weighted by Gasteiger charge is 2.23. The summed E-state index contributed by atoms with van der Waals surface area (Å²) in [6, 6.07) is 17.5. The summed E-state index contributed by atoms with van der Waals surface area (Å²) < 4.78 is 1.87. The van der Waals surface area contributed by atoms with E-state index in [1.165, 1.54) is 16.7 Å². The van der Waals surface area contributed by atoms with Crippen molar-refractivity contribution in [2.24, 2.45) is 7.05 Å². The number of benzene rings is 2. The topological polar surface area (TPSA) is 80.1 Å². The van der Waals surface area contributed by atoms with Crippen LogP contribution in [0.5, 0.6) is 0 Å². The quantitative estimate of drug-likeness (QED) is 0.545. The summed E-state index contributed by atoms with van der Waals surface area (Å²) in [6.45, 7) is 3.83. The molecule has 3 aromatic rings. The van der Waals surface area contributed by atoms with Crippen LogP contribution in [0.15, 0.2) is 59.8 Å². The normalized spacial score (nSPS) is 11.7. The van der Waals surface area contributed by atoms with Gasteiger partial charge in [0.15, 0.2) is 11.0 Å². The Hall–Kier alpha value is -3.13. The van der Waals surface area contributed by atoms with Gasteiger partial charge in [0.1, 0.15) is 0 Å². The SMILES string of the molecule is CCc1ccccc1NC(=O)CN(C)C(=O)C(C)Sc1nnc(-c2ccccc2)n1C. The number of carbonyl (C=O) groups is 2. The molecule has 3 rings (SSSR count). The van der Waals surface area contributed by atoms with Gasteiger partial charge in [-0.15, -0.1) is 10.2 Å². The minimum absolute atomic E-state index is 0.0180. The van der Waals surface area contributed by atoms with E-state index >= 15 is 0 Å². The van der Waals surface area contributed by atoms with Crippen LogP contribution in [0.3, 0.4) is 0 Å². The van der Waals surface area contributed by atoms with E-state index < -0.39 is 5.25 Å². The maximum absolute atomic E-state index is 12.8. The van der Waals surface area contributed by atoms with Gasteiger partial charge in [-0.3, -0.25) is 9.59 Å². The van der Waals surface area contributed by atoms with Gasteiger partial charge in [-0.05, 0) is 25.0 Å². The number of likely N-dealkylation sites (N-methyl/N-ethyl adjacent to an activating group) is 1. The number of nitrogens with zero attached hydrogens (tertiary/aromatic N) is 4. The van der Waals surface area contributed by atoms with Crippen molar-refractivity contribution in [1.82, 2.24) is 19.7 Å². The molecule has 31 heavy (non-hydrogen) atoms. The first-order chi connectivity index (χ1) is 14.9. The number of para-hydroxylation sites is 1. The van der Waals surface area contributed by atoms with Gasteiger partial charge >= 0.3 is 0 Å². The molecule has 0 saturated carbocycles. The molecule has 0 aliphatic carbocycles. The first kappa shape index (κ1) is 22.6. The van der Waals surface area contributed by atoms with Crippen molar-refractivity contribution in [3.63, 3.8) is 0 Å². The highest BCUT2D eigenvalue weighted by molar-refractivity contribution is 8.00. The van der Waals surface area contributed by atoms with Crippen molar-refractivity contribution in [1.29, 1.82) is 0 Å². The third kappa shape index (κ3) is 5.52. The second-order valence-corrected chi connectivity index (χ2v) is 8.55. The van der Waals surface area contributed by atoms with E-state index in [0.29, 0.717) is 5.16 Å². The number of anilines is 1. The van der Waals surface area contributed by atoms with Gasteiger partial charge in [0, 0.05) is 25.3 Å². The summed E-state index contributed by atoms with van der Waals surface area (Å²) >= 11 is 1.33. The van der Waals surface area contributed by atoms with E-state index in [4.69, 9.17) is 0 Å². The maximum Gasteiger partial charge on any atom is 0.243 e. The molecule has 1 heterocycles. The predicted molar refractivity (Wildman–Crippen MR) is 124 cm³/mol. The van der Waals surface area contributed by atoms with Gasteiger partial charge in [-0.2, -0.15) is 0 Å². The fourth-order valence-corrected chi connectivity index (χ4v) is 4.14. The monoisotopic (exact) mass is 437 g/mol. The third-order valence-corrected chi connectivity index (χ3v) is 6.05. The Morgan fingerprint density at radius 2 is 1.77 bits per heavy atom. The Morgan fingerprint density at radius 1 is 1.10 bits per heavy atom. The van der Waals surface area contributed by atoms with E-state index in [2.05, 4.69) is 15.5 Å². The zero-order valence-electron chi connectivity index (χ0n) is 18.2. The van der Waals surface area contributed by atoms with Gasteiger partial charge in [0.2, 0.25) is 11.8 Å². The van der Waals surface area contributed by atoms with Crippen molar-refractivity contribution in [3.8, 4) is 11.4 Å². The Bertz CT molecular complexity index is 1050. The van der Waals surface area contributed by atoms with E-state index in [0.717, 1.165) is 29.1 Å². The van der Waals surface area contributed by atoms with Gasteiger partial charge < -0.3 is 14.8 Å². The Labute approximate surface area is 186 Å². The van der Waals surface area contributed by atoms with Crippen LogP contribution in [0, 0.1) is 0 Å². The average Bonchev–Trinajstić information content (AvgIpc) is 3.14. The van der Waals surface area contributed by atoms with Crippen LogP contribution in [0.4, 0.5) is 5.69 Å². The van der Waals surface area contributed by atoms with Crippen molar-refractivity contribution in [2.75, 3.05) is 18.9 Å². The van der Waals surface area contributed by atoms with Gasteiger partial charge in [0.25, 0.3) is 0 Å². The van der Waals surface area contributed by atoms with E-state index in [1.807, 2.05) is 80.1 Å². The molecule has 1 N–H and O–H groups in total. The second kappa shape index (κ2) is 10.3. The molecule has 1 atom stereocenters. The second-order valence-electron chi connectivity index (χ2n) is 7.24. The molecular weight excluding hydrogens is 410 g/mol. The molecule has 162 valence electrons. The lowest BCUT2D eigenvalue weighted by atomic mass is 10.1. The van der Waals surface area contributed by atoms with Crippen molar-refractivity contribution >= 4 is 29.3 Å². The van der Waals surface area contributed by atoms with E-state index in [-0.39, 0.29) is 18.4 Å². The molecule has 0 spiro atoms. The molecule has 2 aromatic carbocycles. The number of amides is 2. The molecule has 0 aliphatic rings. The molecule has 0 saturated heterocycles. The van der Waals surface area contributed by atoms with Crippen LogP contribution >= 0.6 is 11.8 Å². The summed E-state index contributed by atoms with van der Waals surface area (Å²) in [5.74, 6) is 0.372. The lowest BCUT2D eigenvalue weighted by molar-refractivity contribution is -0.132. The Kier molecular flexibility index (Phi) is 7.46. The van der Waals surface area contributed by atoms with Gasteiger partial charge in [-0.25, -0.2) is 0 Å². The summed E-state index contributed by atoms with van der Waals surface area (Å²) in [4.78, 5) is 26.7. The van der Waals surface area contributed by atoms with Crippen LogP contribution in [0.2, 0.25) is 0 Å². The van der Waals surface area contributed by atoms with E-state index in [1.54, 1.807) is 7.05 Å². The summed E-state index contributed by atoms with van der Waals surface area (Å²) in [5, 5.41) is 11.6. The zero-order valence-corrected chi connectivity index (χ0v) is 19.0. The lowest BCUT2D eigenvalue weighted by Crippen LogP contribution is -2.39. The summed E-state index contributed by atoms with van der Waals surface area (Å²) in [6.07, 6.45) is 0.821. The molecule has 8 heteroatoms. The largest absolute Gasteiger partial charge is 0.335 e. The first-order valence-corrected chi connectivity index (χ1v) is 11.0. The minimum atomic E-state index is -0.410. The van der Waals surface area contributed by atoms with E-state index in [9.17, 15) is 9.59 Å². The molecule has 0 aliphatic heterocycles. The fourth-order valence-electron chi connectivity index (χ4n) is 3.21. The molecule has 1 unspecified atom stereocenters. The third-order valence-electron chi connectivity index (χ3n) is 4.93. The standard InChI is InChI=1S/C23H27N5O2S/c1-5-17-11-9-10-14-19(17)24-20(29)15-27(3)22(30)16(2)31-23-26-25-21(28(23)4)18-12-7-6-8-13-18/h6-14,16H,5,15H2,1-4H3,(H,24,29). The molecule has 7 nitrogen and oxygen atoms in total. The van der Waals surface area contributed by atoms with Crippen LogP contribution < -0.4 is 5.32 Å². The predicted octanol–water partition coefficient (Wildman–Crippen LogP) is 3.62. The number of aryl methyl sites for hydroxylation is 1. The Morgan fingerprint density at radius 3 is 2.48 bits per heavy atom. The highest BCUT2D eigenvalue weighted by atomic mass is 32.2. The number of aromatic nitrogens is 3. The number of thioether (sulfide) groups is 1. The highest BCUT2D eigenvalue weighted by Crippen LogP contribution is 2.26. The number of rotatable bonds is 8. The summed E-state index contributed by atoms with van der Waals surface area (Å²) in [5.41, 5.74) is 2.81. The molecule has 0 bridgehead atoms.